The van der Waals surface area contributed by atoms with Crippen LogP contribution in [0.5, 0.6) is 0 Å². The topological polar surface area (TPSA) is 52.7 Å². The maximum atomic E-state index is 13.2. The van der Waals surface area contributed by atoms with Crippen molar-refractivity contribution in [3.8, 4) is 0 Å². The first-order chi connectivity index (χ1) is 10.9. The molecule has 0 bridgehead atoms. The molecule has 1 aromatic rings. The van der Waals surface area contributed by atoms with Crippen molar-refractivity contribution < 1.29 is 14.0 Å². The van der Waals surface area contributed by atoms with Crippen LogP contribution in [-0.4, -0.2) is 54.3 Å². The van der Waals surface area contributed by atoms with Crippen LogP contribution < -0.4 is 5.32 Å². The van der Waals surface area contributed by atoms with Crippen molar-refractivity contribution in [3.63, 3.8) is 0 Å². The van der Waals surface area contributed by atoms with E-state index in [0.29, 0.717) is 19.6 Å². The first-order valence-electron chi connectivity index (χ1n) is 7.89. The van der Waals surface area contributed by atoms with Crippen LogP contribution in [0.3, 0.4) is 0 Å². The molecule has 1 N–H and O–H groups in total. The lowest BCUT2D eigenvalue weighted by Gasteiger charge is -2.29. The van der Waals surface area contributed by atoms with Gasteiger partial charge in [-0.1, -0.05) is 19.1 Å². The highest BCUT2D eigenvalue weighted by Crippen LogP contribution is 2.09. The van der Waals surface area contributed by atoms with Crippen LogP contribution in [0.4, 0.5) is 4.39 Å². The van der Waals surface area contributed by atoms with Gasteiger partial charge in [-0.2, -0.15) is 0 Å². The van der Waals surface area contributed by atoms with Crippen LogP contribution in [0.1, 0.15) is 26.3 Å². The molecule has 0 aliphatic rings. The third-order valence-electron chi connectivity index (χ3n) is 3.72. The molecule has 1 aromatic carbocycles. The molecule has 6 heteroatoms. The van der Waals surface area contributed by atoms with Crippen LogP contribution in [0, 0.1) is 5.82 Å². The van der Waals surface area contributed by atoms with E-state index >= 15 is 0 Å². The van der Waals surface area contributed by atoms with Crippen molar-refractivity contribution in [2.45, 2.75) is 33.4 Å². The molecule has 0 saturated carbocycles. The molecule has 5 nitrogen and oxygen atoms in total. The van der Waals surface area contributed by atoms with Crippen molar-refractivity contribution >= 4 is 11.8 Å². The first-order valence-corrected chi connectivity index (χ1v) is 7.89. The largest absolute Gasteiger partial charge is 0.355 e. The summed E-state index contributed by atoms with van der Waals surface area (Å²) in [7, 11) is 1.68. The van der Waals surface area contributed by atoms with Crippen LogP contribution in [0.2, 0.25) is 0 Å². The summed E-state index contributed by atoms with van der Waals surface area (Å²) in [4.78, 5) is 27.6. The van der Waals surface area contributed by atoms with Gasteiger partial charge in [0.25, 0.3) is 0 Å². The Morgan fingerprint density at radius 1 is 1.30 bits per heavy atom. The van der Waals surface area contributed by atoms with Crippen LogP contribution in [0.25, 0.3) is 0 Å². The lowest BCUT2D eigenvalue weighted by molar-refractivity contribution is -0.136. The number of nitrogens with one attached hydrogen (secondary N) is 1. The number of amides is 2. The summed E-state index contributed by atoms with van der Waals surface area (Å²) >= 11 is 0. The van der Waals surface area contributed by atoms with E-state index < -0.39 is 6.04 Å². The minimum absolute atomic E-state index is 0.0956. The average Bonchev–Trinajstić information content (AvgIpc) is 2.51. The number of benzene rings is 1. The van der Waals surface area contributed by atoms with E-state index in [0.717, 1.165) is 5.56 Å². The van der Waals surface area contributed by atoms with Gasteiger partial charge < -0.3 is 10.2 Å². The maximum Gasteiger partial charge on any atom is 0.239 e. The Labute approximate surface area is 137 Å². The molecule has 1 atom stereocenters. The molecule has 0 spiro atoms. The molecule has 23 heavy (non-hydrogen) atoms. The summed E-state index contributed by atoms with van der Waals surface area (Å²) < 4.78 is 13.2. The molecule has 0 fully saturated rings. The van der Waals surface area contributed by atoms with Crippen molar-refractivity contribution in [1.29, 1.82) is 0 Å². The fourth-order valence-electron chi connectivity index (χ4n) is 2.42. The van der Waals surface area contributed by atoms with E-state index in [1.165, 1.54) is 12.1 Å². The molecular weight excluding hydrogens is 297 g/mol. The van der Waals surface area contributed by atoms with E-state index in [1.54, 1.807) is 31.0 Å². The number of carbonyl (C=O) groups excluding carboxylic acids is 2. The molecule has 0 saturated heterocycles. The van der Waals surface area contributed by atoms with Gasteiger partial charge in [0.15, 0.2) is 0 Å². The van der Waals surface area contributed by atoms with E-state index in [9.17, 15) is 14.0 Å². The Hall–Kier alpha value is -1.95. The minimum atomic E-state index is -0.416. The zero-order valence-electron chi connectivity index (χ0n) is 14.3. The fraction of sp³-hybridized carbons (Fsp3) is 0.529. The Morgan fingerprint density at radius 3 is 2.57 bits per heavy atom. The molecule has 2 amide bonds. The highest BCUT2D eigenvalue weighted by molar-refractivity contribution is 5.83. The predicted molar refractivity (Wildman–Crippen MR) is 88.3 cm³/mol. The fourth-order valence-corrected chi connectivity index (χ4v) is 2.42. The molecular formula is C17H26FN3O2. The van der Waals surface area contributed by atoms with E-state index in [-0.39, 0.29) is 24.2 Å². The van der Waals surface area contributed by atoms with Crippen LogP contribution in [0.15, 0.2) is 24.3 Å². The predicted octanol–water partition coefficient (Wildman–Crippen LogP) is 1.63. The molecule has 0 aliphatic carbocycles. The SMILES string of the molecule is CCNC(=O)CN(CC)[C@H](C)C(=O)N(C)Cc1cccc(F)c1. The van der Waals surface area contributed by atoms with Gasteiger partial charge in [-0.3, -0.25) is 14.5 Å². The third kappa shape index (κ3) is 5.98. The van der Waals surface area contributed by atoms with E-state index in [4.69, 9.17) is 0 Å². The molecule has 128 valence electrons. The van der Waals surface area contributed by atoms with E-state index in [1.807, 2.05) is 18.7 Å². The van der Waals surface area contributed by atoms with Gasteiger partial charge in [-0.05, 0) is 38.1 Å². The Kier molecular flexibility index (Phi) is 7.68. The normalized spacial score (nSPS) is 12.1. The molecule has 0 aromatic heterocycles. The van der Waals surface area contributed by atoms with Gasteiger partial charge in [-0.25, -0.2) is 4.39 Å². The lowest BCUT2D eigenvalue weighted by Crippen LogP contribution is -2.49. The number of likely N-dealkylation sites (N-methyl/N-ethyl adjacent to an activating group) is 3. The van der Waals surface area contributed by atoms with Crippen LogP contribution in [-0.2, 0) is 16.1 Å². The number of halogens is 1. The summed E-state index contributed by atoms with van der Waals surface area (Å²) in [6.45, 7) is 7.24. The highest BCUT2D eigenvalue weighted by atomic mass is 19.1. The zero-order valence-corrected chi connectivity index (χ0v) is 14.3. The molecule has 1 rings (SSSR count). The second-order valence-electron chi connectivity index (χ2n) is 5.52. The van der Waals surface area contributed by atoms with E-state index in [2.05, 4.69) is 5.32 Å². The van der Waals surface area contributed by atoms with Gasteiger partial charge >= 0.3 is 0 Å². The quantitative estimate of drug-likeness (QED) is 0.791. The second kappa shape index (κ2) is 9.25. The van der Waals surface area contributed by atoms with Crippen molar-refractivity contribution in [1.82, 2.24) is 15.1 Å². The Morgan fingerprint density at radius 2 is 2.00 bits per heavy atom. The Bertz CT molecular complexity index is 536. The standard InChI is InChI=1S/C17H26FN3O2/c1-5-19-16(22)12-21(6-2)13(3)17(23)20(4)11-14-8-7-9-15(18)10-14/h7-10,13H,5-6,11-12H2,1-4H3,(H,19,22)/t13-/m1/s1. The monoisotopic (exact) mass is 323 g/mol. The first kappa shape index (κ1) is 19.1. The van der Waals surface area contributed by atoms with Gasteiger partial charge in [0.1, 0.15) is 5.82 Å². The number of nitrogens with zero attached hydrogens (tertiary/aromatic N) is 2. The summed E-state index contributed by atoms with van der Waals surface area (Å²) in [6, 6.07) is 5.78. The zero-order chi connectivity index (χ0) is 17.4. The van der Waals surface area contributed by atoms with Gasteiger partial charge in [-0.15, -0.1) is 0 Å². The van der Waals surface area contributed by atoms with Gasteiger partial charge in [0, 0.05) is 20.1 Å². The van der Waals surface area contributed by atoms with Gasteiger partial charge in [0.05, 0.1) is 12.6 Å². The number of rotatable bonds is 8. The number of carbonyl (C=O) groups is 2. The summed E-state index contributed by atoms with van der Waals surface area (Å²) in [6.07, 6.45) is 0. The second-order valence-corrected chi connectivity index (χ2v) is 5.52. The summed E-state index contributed by atoms with van der Waals surface area (Å²) in [5.41, 5.74) is 0.736. The maximum absolute atomic E-state index is 13.2. The summed E-state index contributed by atoms with van der Waals surface area (Å²) in [5, 5.41) is 2.73. The lowest BCUT2D eigenvalue weighted by atomic mass is 10.2. The van der Waals surface area contributed by atoms with Gasteiger partial charge in [0.2, 0.25) is 11.8 Å². The third-order valence-corrected chi connectivity index (χ3v) is 3.72. The van der Waals surface area contributed by atoms with Crippen molar-refractivity contribution in [2.75, 3.05) is 26.7 Å². The number of hydrogen-bond acceptors (Lipinski definition) is 3. The minimum Gasteiger partial charge on any atom is -0.355 e. The molecule has 0 aliphatic heterocycles. The molecule has 0 radical (unpaired) electrons. The number of hydrogen-bond donors (Lipinski definition) is 1. The smallest absolute Gasteiger partial charge is 0.239 e. The molecule has 0 unspecified atom stereocenters. The Balaban J connectivity index is 2.67. The van der Waals surface area contributed by atoms with Crippen molar-refractivity contribution in [2.24, 2.45) is 0 Å². The average molecular weight is 323 g/mol. The highest BCUT2D eigenvalue weighted by Gasteiger charge is 2.24. The molecule has 0 heterocycles. The van der Waals surface area contributed by atoms with Crippen molar-refractivity contribution in [3.05, 3.63) is 35.6 Å². The summed E-state index contributed by atoms with van der Waals surface area (Å²) in [5.74, 6) is -0.509. The van der Waals surface area contributed by atoms with Crippen LogP contribution >= 0.6 is 0 Å².